The average Bonchev–Trinajstić information content (AvgIpc) is 3.20. The molecule has 0 aliphatic rings. The van der Waals surface area contributed by atoms with Crippen LogP contribution < -0.4 is 11.2 Å². The first kappa shape index (κ1) is 23.3. The molecule has 176 valence electrons. The molecular weight excluding hydrogens is 445 g/mol. The number of halogens is 3. The number of hydrogen-bond donors (Lipinski definition) is 0. The smallest absolute Gasteiger partial charge is 0.320 e. The van der Waals surface area contributed by atoms with Gasteiger partial charge in [-0.15, -0.1) is 6.58 Å². The first-order chi connectivity index (χ1) is 16.1. The van der Waals surface area contributed by atoms with Crippen LogP contribution in [0.3, 0.4) is 0 Å². The molecule has 0 spiro atoms. The van der Waals surface area contributed by atoms with E-state index in [0.717, 1.165) is 22.3 Å². The Bertz CT molecular complexity index is 1480. The van der Waals surface area contributed by atoms with Gasteiger partial charge in [0.15, 0.2) is 11.2 Å². The predicted molar refractivity (Wildman–Crippen MR) is 124 cm³/mol. The lowest BCUT2D eigenvalue weighted by Crippen LogP contribution is -2.39. The van der Waals surface area contributed by atoms with Crippen LogP contribution in [-0.4, -0.2) is 18.7 Å². The van der Waals surface area contributed by atoms with E-state index in [0.29, 0.717) is 17.2 Å². The Balaban J connectivity index is 1.91. The fourth-order valence-corrected chi connectivity index (χ4v) is 3.87. The van der Waals surface area contributed by atoms with Crippen molar-refractivity contribution in [2.45, 2.75) is 39.0 Å². The summed E-state index contributed by atoms with van der Waals surface area (Å²) in [5.41, 5.74) is 0.289. The van der Waals surface area contributed by atoms with Crippen molar-refractivity contribution in [3.63, 3.8) is 0 Å². The Hall–Kier alpha value is -3.88. The van der Waals surface area contributed by atoms with Gasteiger partial charge in [-0.05, 0) is 41.3 Å². The number of rotatable bonds is 6. The van der Waals surface area contributed by atoms with Crippen molar-refractivity contribution in [3.8, 4) is 5.69 Å². The molecule has 2 heterocycles. The first-order valence-corrected chi connectivity index (χ1v) is 10.7. The third-order valence-electron chi connectivity index (χ3n) is 5.64. The highest BCUT2D eigenvalue weighted by Crippen LogP contribution is 2.30. The summed E-state index contributed by atoms with van der Waals surface area (Å²) in [6, 6.07) is 12.3. The van der Waals surface area contributed by atoms with Crippen LogP contribution in [-0.2, 0) is 19.3 Å². The predicted octanol–water partition coefficient (Wildman–Crippen LogP) is 4.73. The lowest BCUT2D eigenvalue weighted by atomic mass is 10.0. The Morgan fingerprint density at radius 2 is 1.79 bits per heavy atom. The summed E-state index contributed by atoms with van der Waals surface area (Å²) >= 11 is 0. The number of aromatic nitrogens is 4. The van der Waals surface area contributed by atoms with Crippen molar-refractivity contribution in [2.24, 2.45) is 0 Å². The van der Waals surface area contributed by atoms with Crippen molar-refractivity contribution in [1.29, 1.82) is 0 Å². The Kier molecular flexibility index (Phi) is 6.03. The van der Waals surface area contributed by atoms with Gasteiger partial charge in [-0.2, -0.15) is 13.2 Å². The lowest BCUT2D eigenvalue weighted by Gasteiger charge is -2.13. The van der Waals surface area contributed by atoms with Gasteiger partial charge < -0.3 is 4.57 Å². The summed E-state index contributed by atoms with van der Waals surface area (Å²) in [5.74, 6) is 0.298. The molecular formula is C25H23F3N4O2. The Morgan fingerprint density at radius 3 is 2.41 bits per heavy atom. The summed E-state index contributed by atoms with van der Waals surface area (Å²) in [7, 11) is 0. The zero-order valence-electron chi connectivity index (χ0n) is 18.7. The molecule has 0 N–H and O–H groups in total. The van der Waals surface area contributed by atoms with Gasteiger partial charge >= 0.3 is 11.9 Å². The van der Waals surface area contributed by atoms with E-state index in [4.69, 9.17) is 0 Å². The third kappa shape index (κ3) is 4.21. The highest BCUT2D eigenvalue weighted by atomic mass is 19.4. The number of alkyl halides is 3. The van der Waals surface area contributed by atoms with Gasteiger partial charge in [0.1, 0.15) is 0 Å². The largest absolute Gasteiger partial charge is 0.416 e. The van der Waals surface area contributed by atoms with Gasteiger partial charge in [-0.25, -0.2) is 14.3 Å². The molecule has 0 atom stereocenters. The minimum Gasteiger partial charge on any atom is -0.320 e. The van der Waals surface area contributed by atoms with E-state index in [1.165, 1.54) is 27.6 Å². The van der Waals surface area contributed by atoms with Crippen molar-refractivity contribution in [2.75, 3.05) is 0 Å². The average molecular weight is 468 g/mol. The van der Waals surface area contributed by atoms with Crippen LogP contribution in [0.5, 0.6) is 0 Å². The Morgan fingerprint density at radius 1 is 1.09 bits per heavy atom. The van der Waals surface area contributed by atoms with Gasteiger partial charge in [0.2, 0.25) is 0 Å². The van der Waals surface area contributed by atoms with Crippen LogP contribution in [0, 0.1) is 0 Å². The van der Waals surface area contributed by atoms with E-state index in [1.807, 2.05) is 12.1 Å². The molecule has 0 saturated heterocycles. The highest BCUT2D eigenvalue weighted by Gasteiger charge is 2.30. The van der Waals surface area contributed by atoms with Crippen LogP contribution in [0.4, 0.5) is 13.2 Å². The number of hydrogen-bond acceptors (Lipinski definition) is 3. The lowest BCUT2D eigenvalue weighted by molar-refractivity contribution is -0.137. The second-order valence-electron chi connectivity index (χ2n) is 8.31. The number of fused-ring (bicyclic) bond motifs is 1. The van der Waals surface area contributed by atoms with E-state index < -0.39 is 23.0 Å². The van der Waals surface area contributed by atoms with Crippen LogP contribution in [0.1, 0.15) is 36.5 Å². The molecule has 0 amide bonds. The molecule has 0 bridgehead atoms. The summed E-state index contributed by atoms with van der Waals surface area (Å²) < 4.78 is 43.3. The maximum atomic E-state index is 13.2. The number of imidazole rings is 1. The maximum absolute atomic E-state index is 13.2. The summed E-state index contributed by atoms with van der Waals surface area (Å²) in [4.78, 5) is 30.8. The van der Waals surface area contributed by atoms with E-state index in [1.54, 1.807) is 18.2 Å². The molecule has 0 saturated carbocycles. The van der Waals surface area contributed by atoms with Gasteiger partial charge in [-0.3, -0.25) is 9.36 Å². The maximum Gasteiger partial charge on any atom is 0.416 e. The number of nitrogens with zero attached hydrogens (tertiary/aromatic N) is 4. The molecule has 2 aromatic heterocycles. The molecule has 4 rings (SSSR count). The Labute approximate surface area is 193 Å². The van der Waals surface area contributed by atoms with E-state index >= 15 is 0 Å². The quantitative estimate of drug-likeness (QED) is 0.385. The molecule has 0 aliphatic carbocycles. The second-order valence-corrected chi connectivity index (χ2v) is 8.31. The van der Waals surface area contributed by atoms with Crippen LogP contribution in [0.2, 0.25) is 0 Å². The summed E-state index contributed by atoms with van der Waals surface area (Å²) in [6.07, 6.45) is -1.68. The fraction of sp³-hybridized carbons (Fsp3) is 0.240. The molecule has 34 heavy (non-hydrogen) atoms. The van der Waals surface area contributed by atoms with Crippen molar-refractivity contribution < 1.29 is 13.2 Å². The third-order valence-corrected chi connectivity index (χ3v) is 5.64. The number of benzene rings is 2. The molecule has 6 nitrogen and oxygen atoms in total. The number of allylic oxidation sites excluding steroid dienone is 1. The van der Waals surface area contributed by atoms with E-state index in [2.05, 4.69) is 25.4 Å². The summed E-state index contributed by atoms with van der Waals surface area (Å²) in [5, 5.41) is 0. The first-order valence-electron chi connectivity index (χ1n) is 10.7. The second kappa shape index (κ2) is 8.81. The molecule has 0 radical (unpaired) electrons. The minimum absolute atomic E-state index is 0.0196. The molecule has 0 unspecified atom stereocenters. The van der Waals surface area contributed by atoms with Crippen molar-refractivity contribution in [1.82, 2.24) is 18.7 Å². The zero-order valence-corrected chi connectivity index (χ0v) is 18.7. The molecule has 0 fully saturated rings. The highest BCUT2D eigenvalue weighted by molar-refractivity contribution is 5.72. The van der Waals surface area contributed by atoms with Crippen LogP contribution in [0.15, 0.2) is 77.1 Å². The topological polar surface area (TPSA) is 61.8 Å². The molecule has 9 heteroatoms. The molecule has 4 aromatic rings. The SMILES string of the molecule is C=CCn1c(=O)c2c(ncn2Cc2cccc(C(F)(F)F)c2)n(-c2ccc(C(C)C)cc2)c1=O. The minimum atomic E-state index is -4.48. The van der Waals surface area contributed by atoms with Crippen LogP contribution >= 0.6 is 0 Å². The van der Waals surface area contributed by atoms with Gasteiger partial charge in [0.25, 0.3) is 5.56 Å². The van der Waals surface area contributed by atoms with Gasteiger partial charge in [-0.1, -0.05) is 44.2 Å². The van der Waals surface area contributed by atoms with E-state index in [9.17, 15) is 22.8 Å². The van der Waals surface area contributed by atoms with Gasteiger partial charge in [0, 0.05) is 13.1 Å². The van der Waals surface area contributed by atoms with Crippen molar-refractivity contribution in [3.05, 3.63) is 105 Å². The monoisotopic (exact) mass is 468 g/mol. The fourth-order valence-electron chi connectivity index (χ4n) is 3.87. The van der Waals surface area contributed by atoms with Crippen molar-refractivity contribution >= 4 is 11.2 Å². The van der Waals surface area contributed by atoms with Crippen LogP contribution in [0.25, 0.3) is 16.9 Å². The molecule has 0 aliphatic heterocycles. The van der Waals surface area contributed by atoms with E-state index in [-0.39, 0.29) is 24.3 Å². The molecule has 2 aromatic carbocycles. The normalized spacial score (nSPS) is 11.9. The standard InChI is InChI=1S/C25H23F3N4O2/c1-4-12-31-23(33)21-22(32(24(31)34)20-10-8-18(9-11-20)16(2)3)29-15-30(21)14-17-6-5-7-19(13-17)25(26,27)28/h4-11,13,15-16H,1,12,14H2,2-3H3. The van der Waals surface area contributed by atoms with Gasteiger partial charge in [0.05, 0.1) is 17.6 Å². The zero-order chi connectivity index (χ0) is 24.6. The summed E-state index contributed by atoms with van der Waals surface area (Å²) in [6.45, 7) is 7.69.